The van der Waals surface area contributed by atoms with E-state index in [0.717, 1.165) is 18.1 Å². The number of aryl methyl sites for hydroxylation is 1. The minimum absolute atomic E-state index is 0.647. The zero-order valence-electron chi connectivity index (χ0n) is 11.1. The normalized spacial score (nSPS) is 28.1. The predicted molar refractivity (Wildman–Crippen MR) is 73.9 cm³/mol. The SMILES string of the molecule is CNC1CCCC1Sc1nnc2n1CCCCC2. The summed E-state index contributed by atoms with van der Waals surface area (Å²) in [7, 11) is 2.08. The van der Waals surface area contributed by atoms with Crippen molar-refractivity contribution in [2.24, 2.45) is 0 Å². The van der Waals surface area contributed by atoms with Gasteiger partial charge in [0.05, 0.1) is 0 Å². The number of nitrogens with zero attached hydrogens (tertiary/aromatic N) is 3. The van der Waals surface area contributed by atoms with E-state index in [4.69, 9.17) is 0 Å². The Labute approximate surface area is 113 Å². The first-order valence-corrected chi connectivity index (χ1v) is 8.02. The molecule has 1 fully saturated rings. The van der Waals surface area contributed by atoms with Crippen molar-refractivity contribution in [3.8, 4) is 0 Å². The lowest BCUT2D eigenvalue weighted by Crippen LogP contribution is -2.30. The minimum Gasteiger partial charge on any atom is -0.316 e. The molecule has 1 aliphatic heterocycles. The second-order valence-corrected chi connectivity index (χ2v) is 6.55. The number of aromatic nitrogens is 3. The van der Waals surface area contributed by atoms with Gasteiger partial charge < -0.3 is 9.88 Å². The number of nitrogens with one attached hydrogen (secondary N) is 1. The summed E-state index contributed by atoms with van der Waals surface area (Å²) in [5.74, 6) is 1.20. The predicted octanol–water partition coefficient (Wildman–Crippen LogP) is 2.24. The molecule has 0 saturated heterocycles. The molecule has 1 N–H and O–H groups in total. The summed E-state index contributed by atoms with van der Waals surface area (Å²) in [4.78, 5) is 0. The summed E-state index contributed by atoms with van der Waals surface area (Å²) in [5.41, 5.74) is 0. The van der Waals surface area contributed by atoms with Gasteiger partial charge in [-0.25, -0.2) is 0 Å². The molecule has 2 unspecified atom stereocenters. The first-order chi connectivity index (χ1) is 8.88. The van der Waals surface area contributed by atoms with Crippen LogP contribution in [0.25, 0.3) is 0 Å². The van der Waals surface area contributed by atoms with E-state index in [-0.39, 0.29) is 0 Å². The van der Waals surface area contributed by atoms with Gasteiger partial charge in [0, 0.05) is 24.3 Å². The Morgan fingerprint density at radius 2 is 2.11 bits per heavy atom. The van der Waals surface area contributed by atoms with Crippen molar-refractivity contribution in [1.29, 1.82) is 0 Å². The van der Waals surface area contributed by atoms with E-state index in [1.807, 2.05) is 11.8 Å². The lowest BCUT2D eigenvalue weighted by Gasteiger charge is -2.18. The van der Waals surface area contributed by atoms with Crippen molar-refractivity contribution in [2.75, 3.05) is 7.05 Å². The van der Waals surface area contributed by atoms with Crippen molar-refractivity contribution in [1.82, 2.24) is 20.1 Å². The van der Waals surface area contributed by atoms with E-state index >= 15 is 0 Å². The molecular weight excluding hydrogens is 244 g/mol. The molecule has 1 aromatic heterocycles. The fourth-order valence-corrected chi connectivity index (χ4v) is 4.48. The van der Waals surface area contributed by atoms with E-state index in [9.17, 15) is 0 Å². The Kier molecular flexibility index (Phi) is 3.89. The summed E-state index contributed by atoms with van der Waals surface area (Å²) in [6.45, 7) is 1.11. The number of fused-ring (bicyclic) bond motifs is 1. The zero-order valence-corrected chi connectivity index (χ0v) is 11.9. The number of thioether (sulfide) groups is 1. The molecule has 0 spiro atoms. The van der Waals surface area contributed by atoms with Crippen LogP contribution >= 0.6 is 11.8 Å². The van der Waals surface area contributed by atoms with E-state index in [1.54, 1.807) is 0 Å². The summed E-state index contributed by atoms with van der Waals surface area (Å²) < 4.78 is 2.36. The monoisotopic (exact) mass is 266 g/mol. The average molecular weight is 266 g/mol. The molecule has 0 aromatic carbocycles. The van der Waals surface area contributed by atoms with Crippen LogP contribution in [-0.4, -0.2) is 33.1 Å². The summed E-state index contributed by atoms with van der Waals surface area (Å²) in [6.07, 6.45) is 8.92. The molecule has 2 aliphatic rings. The molecule has 2 atom stereocenters. The van der Waals surface area contributed by atoms with Gasteiger partial charge in [-0.2, -0.15) is 0 Å². The van der Waals surface area contributed by atoms with Gasteiger partial charge in [-0.3, -0.25) is 0 Å². The number of hydrogen-bond donors (Lipinski definition) is 1. The summed E-state index contributed by atoms with van der Waals surface area (Å²) >= 11 is 1.94. The number of rotatable bonds is 3. The van der Waals surface area contributed by atoms with Crippen LogP contribution in [0.4, 0.5) is 0 Å². The van der Waals surface area contributed by atoms with E-state index < -0.39 is 0 Å². The Balaban J connectivity index is 1.74. The van der Waals surface area contributed by atoms with Gasteiger partial charge in [0.15, 0.2) is 5.16 Å². The Morgan fingerprint density at radius 1 is 1.17 bits per heavy atom. The van der Waals surface area contributed by atoms with Crippen molar-refractivity contribution in [3.63, 3.8) is 0 Å². The highest BCUT2D eigenvalue weighted by molar-refractivity contribution is 7.99. The van der Waals surface area contributed by atoms with Crippen molar-refractivity contribution in [2.45, 2.75) is 67.9 Å². The van der Waals surface area contributed by atoms with Crippen molar-refractivity contribution in [3.05, 3.63) is 5.82 Å². The topological polar surface area (TPSA) is 42.7 Å². The highest BCUT2D eigenvalue weighted by Crippen LogP contribution is 2.35. The molecular formula is C13H22N4S. The molecule has 1 saturated carbocycles. The maximum Gasteiger partial charge on any atom is 0.191 e. The molecule has 1 aromatic rings. The molecule has 0 amide bonds. The maximum atomic E-state index is 4.42. The van der Waals surface area contributed by atoms with Gasteiger partial charge in [-0.05, 0) is 32.7 Å². The zero-order chi connectivity index (χ0) is 12.4. The third-order valence-corrected chi connectivity index (χ3v) is 5.54. The molecule has 3 rings (SSSR count). The standard InChI is InChI=1S/C13H22N4S/c1-14-10-6-5-7-11(10)18-13-16-15-12-8-3-2-4-9-17(12)13/h10-11,14H,2-9H2,1H3. The van der Waals surface area contributed by atoms with E-state index in [2.05, 4.69) is 27.1 Å². The van der Waals surface area contributed by atoms with Crippen molar-refractivity contribution >= 4 is 11.8 Å². The molecule has 2 heterocycles. The molecule has 0 bridgehead atoms. The second kappa shape index (κ2) is 5.61. The average Bonchev–Trinajstić information content (AvgIpc) is 2.91. The van der Waals surface area contributed by atoms with Crippen LogP contribution in [-0.2, 0) is 13.0 Å². The molecule has 18 heavy (non-hydrogen) atoms. The van der Waals surface area contributed by atoms with Crippen molar-refractivity contribution < 1.29 is 0 Å². The summed E-state index contributed by atoms with van der Waals surface area (Å²) in [6, 6.07) is 0.647. The van der Waals surface area contributed by atoms with Crippen LogP contribution in [0.5, 0.6) is 0 Å². The van der Waals surface area contributed by atoms with Gasteiger partial charge in [-0.15, -0.1) is 10.2 Å². The lowest BCUT2D eigenvalue weighted by atomic mass is 10.2. The van der Waals surface area contributed by atoms with E-state index in [1.165, 1.54) is 44.3 Å². The van der Waals surface area contributed by atoms with Gasteiger partial charge in [-0.1, -0.05) is 24.6 Å². The first kappa shape index (κ1) is 12.5. The number of hydrogen-bond acceptors (Lipinski definition) is 4. The van der Waals surface area contributed by atoms with Gasteiger partial charge in [0.2, 0.25) is 0 Å². The Hall–Kier alpha value is -0.550. The molecule has 100 valence electrons. The fourth-order valence-electron chi connectivity index (χ4n) is 3.08. The maximum absolute atomic E-state index is 4.42. The molecule has 5 heteroatoms. The highest BCUT2D eigenvalue weighted by Gasteiger charge is 2.29. The lowest BCUT2D eigenvalue weighted by molar-refractivity contribution is 0.576. The third-order valence-electron chi connectivity index (χ3n) is 4.16. The second-order valence-electron chi connectivity index (χ2n) is 5.34. The Morgan fingerprint density at radius 3 is 3.00 bits per heavy atom. The van der Waals surface area contributed by atoms with Gasteiger partial charge in [0.25, 0.3) is 0 Å². The fraction of sp³-hybridized carbons (Fsp3) is 0.846. The Bertz CT molecular complexity index is 404. The molecule has 0 radical (unpaired) electrons. The highest BCUT2D eigenvalue weighted by atomic mass is 32.2. The van der Waals surface area contributed by atoms with Gasteiger partial charge >= 0.3 is 0 Å². The van der Waals surface area contributed by atoms with Crippen LogP contribution in [0.2, 0.25) is 0 Å². The van der Waals surface area contributed by atoms with E-state index in [0.29, 0.717) is 11.3 Å². The van der Waals surface area contributed by atoms with Gasteiger partial charge in [0.1, 0.15) is 5.82 Å². The van der Waals surface area contributed by atoms with Crippen LogP contribution in [0, 0.1) is 0 Å². The third kappa shape index (κ3) is 2.43. The quantitative estimate of drug-likeness (QED) is 0.911. The minimum atomic E-state index is 0.647. The largest absolute Gasteiger partial charge is 0.316 e. The smallest absolute Gasteiger partial charge is 0.191 e. The van der Waals surface area contributed by atoms with Crippen LogP contribution in [0.3, 0.4) is 0 Å². The summed E-state index contributed by atoms with van der Waals surface area (Å²) in [5, 5.41) is 14.1. The van der Waals surface area contributed by atoms with Crippen LogP contribution in [0.1, 0.15) is 44.3 Å². The first-order valence-electron chi connectivity index (χ1n) is 7.14. The van der Waals surface area contributed by atoms with Crippen LogP contribution in [0.15, 0.2) is 5.16 Å². The molecule has 1 aliphatic carbocycles. The molecule has 4 nitrogen and oxygen atoms in total. The van der Waals surface area contributed by atoms with Crippen LogP contribution < -0.4 is 5.32 Å².